The Morgan fingerprint density at radius 1 is 1.10 bits per heavy atom. The van der Waals surface area contributed by atoms with Crippen LogP contribution in [0.4, 0.5) is 5.69 Å². The molecule has 0 fully saturated rings. The molecule has 2 rings (SSSR count). The van der Waals surface area contributed by atoms with Crippen molar-refractivity contribution in [3.63, 3.8) is 0 Å². The molecule has 0 aliphatic rings. The van der Waals surface area contributed by atoms with Gasteiger partial charge in [0.25, 0.3) is 0 Å². The molecule has 0 bridgehead atoms. The summed E-state index contributed by atoms with van der Waals surface area (Å²) >= 11 is 0. The smallest absolute Gasteiger partial charge is 0.234 e. The van der Waals surface area contributed by atoms with Crippen molar-refractivity contribution in [2.75, 3.05) is 19.0 Å². The molecule has 7 heteroatoms. The van der Waals surface area contributed by atoms with Crippen molar-refractivity contribution < 1.29 is 4.74 Å². The summed E-state index contributed by atoms with van der Waals surface area (Å²) in [5.41, 5.74) is 11.6. The van der Waals surface area contributed by atoms with E-state index < -0.39 is 0 Å². The van der Waals surface area contributed by atoms with Crippen molar-refractivity contribution in [3.05, 3.63) is 90.5 Å². The van der Waals surface area contributed by atoms with Crippen LogP contribution in [-0.2, 0) is 4.74 Å². The van der Waals surface area contributed by atoms with Crippen LogP contribution in [0.25, 0.3) is 11.3 Å². The van der Waals surface area contributed by atoms with Gasteiger partial charge in [0.05, 0.1) is 0 Å². The first-order valence-electron chi connectivity index (χ1n) is 8.82. The third-order valence-corrected chi connectivity index (χ3v) is 4.03. The minimum Gasteiger partial charge on any atom is -0.438 e. The highest BCUT2D eigenvalue weighted by molar-refractivity contribution is 6.16. The summed E-state index contributed by atoms with van der Waals surface area (Å²) in [6.45, 7) is 7.90. The third kappa shape index (κ3) is 5.57. The number of nitrogens with two attached hydrogens (primary N) is 2. The summed E-state index contributed by atoms with van der Waals surface area (Å²) in [4.78, 5) is 6.08. The zero-order valence-corrected chi connectivity index (χ0v) is 16.6. The van der Waals surface area contributed by atoms with Crippen LogP contribution in [0.5, 0.6) is 0 Å². The molecule has 0 aromatic heterocycles. The van der Waals surface area contributed by atoms with Crippen LogP contribution in [0.3, 0.4) is 0 Å². The Hall–Kier alpha value is -3.84. The second kappa shape index (κ2) is 9.91. The quantitative estimate of drug-likeness (QED) is 0.182. The van der Waals surface area contributed by atoms with E-state index in [0.717, 1.165) is 16.8 Å². The molecule has 29 heavy (non-hydrogen) atoms. The van der Waals surface area contributed by atoms with Crippen LogP contribution in [0.1, 0.15) is 11.1 Å². The molecule has 0 aliphatic heterocycles. The van der Waals surface area contributed by atoms with Crippen molar-refractivity contribution in [1.29, 1.82) is 5.41 Å². The van der Waals surface area contributed by atoms with Gasteiger partial charge in [-0.2, -0.15) is 0 Å². The second-order valence-electron chi connectivity index (χ2n) is 6.32. The van der Waals surface area contributed by atoms with Gasteiger partial charge in [0.2, 0.25) is 5.88 Å². The number of amidine groups is 1. The standard InChI is InChI=1S/C22H26N6O/c1-15(18-12-8-9-13-19(18)28(3)4)14-26-21(24)20(23)22(27-25)29-16(2)17-10-6-5-7-11-17/h5-14,24,27H,1-2,23,25H2,3-4H3. The van der Waals surface area contributed by atoms with Crippen molar-refractivity contribution in [2.24, 2.45) is 16.6 Å². The highest BCUT2D eigenvalue weighted by Crippen LogP contribution is 2.23. The molecule has 150 valence electrons. The number of ether oxygens (including phenoxy) is 1. The number of para-hydroxylation sites is 1. The molecular weight excluding hydrogens is 364 g/mol. The molecule has 0 spiro atoms. The van der Waals surface area contributed by atoms with Crippen LogP contribution >= 0.6 is 0 Å². The zero-order valence-electron chi connectivity index (χ0n) is 16.6. The average Bonchev–Trinajstić information content (AvgIpc) is 2.75. The largest absolute Gasteiger partial charge is 0.438 e. The lowest BCUT2D eigenvalue weighted by Crippen LogP contribution is -2.28. The fourth-order valence-corrected chi connectivity index (χ4v) is 2.49. The first-order valence-corrected chi connectivity index (χ1v) is 8.82. The van der Waals surface area contributed by atoms with E-state index in [-0.39, 0.29) is 17.4 Å². The molecule has 0 unspecified atom stereocenters. The van der Waals surface area contributed by atoms with Crippen molar-refractivity contribution in [2.45, 2.75) is 0 Å². The van der Waals surface area contributed by atoms with E-state index in [4.69, 9.17) is 21.7 Å². The number of nitrogens with zero attached hydrogens (tertiary/aromatic N) is 2. The number of rotatable bonds is 8. The van der Waals surface area contributed by atoms with Crippen LogP contribution in [-0.4, -0.2) is 26.1 Å². The third-order valence-electron chi connectivity index (χ3n) is 4.03. The van der Waals surface area contributed by atoms with Crippen LogP contribution < -0.4 is 21.9 Å². The van der Waals surface area contributed by atoms with Gasteiger partial charge in [-0.05, 0) is 11.6 Å². The lowest BCUT2D eigenvalue weighted by molar-refractivity contribution is 0.341. The number of hydrogen-bond donors (Lipinski definition) is 4. The number of hydrazine groups is 1. The Balaban J connectivity index is 2.17. The Morgan fingerprint density at radius 2 is 1.72 bits per heavy atom. The van der Waals surface area contributed by atoms with Gasteiger partial charge in [-0.3, -0.25) is 10.8 Å². The number of hydrogen-bond acceptors (Lipinski definition) is 6. The van der Waals surface area contributed by atoms with E-state index in [1.807, 2.05) is 73.6 Å². The summed E-state index contributed by atoms with van der Waals surface area (Å²) in [7, 11) is 3.89. The molecule has 6 N–H and O–H groups in total. The van der Waals surface area contributed by atoms with Gasteiger partial charge in [-0.25, -0.2) is 10.8 Å². The highest BCUT2D eigenvalue weighted by Gasteiger charge is 2.12. The van der Waals surface area contributed by atoms with Crippen molar-refractivity contribution in [1.82, 2.24) is 5.43 Å². The first-order chi connectivity index (χ1) is 13.8. The maximum Gasteiger partial charge on any atom is 0.234 e. The molecule has 2 aromatic rings. The molecule has 0 saturated heterocycles. The number of nitrogens with one attached hydrogen (secondary N) is 2. The number of aliphatic imine (C=N–C) groups is 1. The summed E-state index contributed by atoms with van der Waals surface area (Å²) in [5, 5.41) is 8.13. The molecule has 0 heterocycles. The molecule has 0 radical (unpaired) electrons. The minimum atomic E-state index is -0.220. The fourth-order valence-electron chi connectivity index (χ4n) is 2.49. The van der Waals surface area contributed by atoms with E-state index in [0.29, 0.717) is 11.3 Å². The lowest BCUT2D eigenvalue weighted by atomic mass is 10.1. The number of benzene rings is 2. The van der Waals surface area contributed by atoms with Crippen molar-refractivity contribution in [3.8, 4) is 0 Å². The Morgan fingerprint density at radius 3 is 2.34 bits per heavy atom. The van der Waals surface area contributed by atoms with Crippen LogP contribution in [0.2, 0.25) is 0 Å². The van der Waals surface area contributed by atoms with Gasteiger partial charge in [0, 0.05) is 37.1 Å². The number of anilines is 1. The maximum absolute atomic E-state index is 8.13. The summed E-state index contributed by atoms with van der Waals surface area (Å²) < 4.78 is 5.59. The SMILES string of the molecule is C=C(OC(NN)=C(N)C(=N)N=CC(=C)c1ccccc1N(C)C)c1ccccc1. The van der Waals surface area contributed by atoms with Crippen LogP contribution in [0, 0.1) is 5.41 Å². The van der Waals surface area contributed by atoms with Crippen LogP contribution in [0.15, 0.2) is 84.3 Å². The highest BCUT2D eigenvalue weighted by atomic mass is 16.5. The first kappa shape index (κ1) is 21.5. The van der Waals surface area contributed by atoms with Gasteiger partial charge in [-0.1, -0.05) is 61.7 Å². The van der Waals surface area contributed by atoms with Gasteiger partial charge in [0.1, 0.15) is 11.5 Å². The second-order valence-corrected chi connectivity index (χ2v) is 6.32. The average molecular weight is 390 g/mol. The monoisotopic (exact) mass is 390 g/mol. The Kier molecular flexibility index (Phi) is 7.33. The summed E-state index contributed by atoms with van der Waals surface area (Å²) in [6, 6.07) is 17.0. The maximum atomic E-state index is 8.13. The van der Waals surface area contributed by atoms with E-state index >= 15 is 0 Å². The van der Waals surface area contributed by atoms with Gasteiger partial charge >= 0.3 is 0 Å². The predicted molar refractivity (Wildman–Crippen MR) is 121 cm³/mol. The normalized spacial score (nSPS) is 11.6. The van der Waals surface area contributed by atoms with E-state index in [2.05, 4.69) is 23.6 Å². The molecule has 0 aliphatic carbocycles. The Labute approximate surface area is 171 Å². The lowest BCUT2D eigenvalue weighted by Gasteiger charge is -2.17. The predicted octanol–water partition coefficient (Wildman–Crippen LogP) is 3.09. The molecular formula is C22H26N6O. The molecule has 0 saturated carbocycles. The fraction of sp³-hybridized carbons (Fsp3) is 0.0909. The minimum absolute atomic E-state index is 0.0136. The molecule has 2 aromatic carbocycles. The van der Waals surface area contributed by atoms with Gasteiger partial charge in [0.15, 0.2) is 5.84 Å². The molecule has 7 nitrogen and oxygen atoms in total. The molecule has 0 amide bonds. The van der Waals surface area contributed by atoms with Gasteiger partial charge < -0.3 is 15.4 Å². The van der Waals surface area contributed by atoms with E-state index in [9.17, 15) is 0 Å². The molecule has 0 atom stereocenters. The Bertz CT molecular complexity index is 960. The number of allylic oxidation sites excluding steroid dienone is 1. The van der Waals surface area contributed by atoms with E-state index in [1.54, 1.807) is 0 Å². The summed E-state index contributed by atoms with van der Waals surface area (Å²) in [5.74, 6) is 5.61. The topological polar surface area (TPSA) is 113 Å². The van der Waals surface area contributed by atoms with E-state index in [1.165, 1.54) is 6.21 Å². The zero-order chi connectivity index (χ0) is 21.4. The van der Waals surface area contributed by atoms with Gasteiger partial charge in [-0.15, -0.1) is 0 Å². The van der Waals surface area contributed by atoms with Crippen molar-refractivity contribution >= 4 is 29.1 Å². The summed E-state index contributed by atoms with van der Waals surface area (Å²) in [6.07, 6.45) is 1.48.